The summed E-state index contributed by atoms with van der Waals surface area (Å²) >= 11 is 0. The average Bonchev–Trinajstić information content (AvgIpc) is 2.69. The lowest BCUT2D eigenvalue weighted by Crippen LogP contribution is -2.00. The van der Waals surface area contributed by atoms with Crippen LogP contribution in [0.1, 0.15) is 57.9 Å². The van der Waals surface area contributed by atoms with E-state index in [1.807, 2.05) is 6.92 Å². The second kappa shape index (κ2) is 10.9. The van der Waals surface area contributed by atoms with Crippen LogP contribution in [-0.2, 0) is 6.42 Å². The second-order valence-electron chi connectivity index (χ2n) is 6.73. The number of unbranched alkanes of at least 4 members (excludes halogenated alkanes) is 4. The Morgan fingerprint density at radius 3 is 2.11 bits per heavy atom. The fourth-order valence-corrected chi connectivity index (χ4v) is 2.97. The Balaban J connectivity index is 2.16. The zero-order chi connectivity index (χ0) is 20.5. The van der Waals surface area contributed by atoms with Crippen LogP contribution in [0.25, 0.3) is 11.1 Å². The average molecular weight is 394 g/mol. The Kier molecular flexibility index (Phi) is 8.55. The van der Waals surface area contributed by atoms with Crippen LogP contribution in [0.3, 0.4) is 0 Å². The number of allylic oxidation sites excluding steroid dienone is 1. The van der Waals surface area contributed by atoms with E-state index in [9.17, 15) is 17.6 Å². The van der Waals surface area contributed by atoms with Gasteiger partial charge in [0.1, 0.15) is 0 Å². The number of halogens is 4. The van der Waals surface area contributed by atoms with Crippen molar-refractivity contribution in [3.63, 3.8) is 0 Å². The molecule has 1 nitrogen and oxygen atoms in total. The van der Waals surface area contributed by atoms with Crippen LogP contribution in [0.15, 0.2) is 36.6 Å². The number of rotatable bonds is 10. The minimum atomic E-state index is -1.27. The molecule has 0 fully saturated rings. The highest BCUT2D eigenvalue weighted by Gasteiger charge is 2.21. The van der Waals surface area contributed by atoms with Crippen LogP contribution in [0.5, 0.6) is 5.75 Å². The summed E-state index contributed by atoms with van der Waals surface area (Å²) in [6.45, 7) is 3.97. The third-order valence-corrected chi connectivity index (χ3v) is 4.53. The lowest BCUT2D eigenvalue weighted by molar-refractivity contribution is 0.414. The number of hydrogen-bond acceptors (Lipinski definition) is 1. The van der Waals surface area contributed by atoms with E-state index in [1.54, 1.807) is 6.08 Å². The minimum Gasteiger partial charge on any atom is -0.462 e. The van der Waals surface area contributed by atoms with Crippen molar-refractivity contribution in [1.82, 2.24) is 0 Å². The Labute approximate surface area is 164 Å². The molecule has 0 saturated carbocycles. The van der Waals surface area contributed by atoms with Crippen molar-refractivity contribution < 1.29 is 22.3 Å². The molecule has 0 aromatic heterocycles. The van der Waals surface area contributed by atoms with Crippen molar-refractivity contribution >= 4 is 0 Å². The molecule has 0 atom stereocenters. The number of ether oxygens (including phenoxy) is 1. The first-order chi connectivity index (χ1) is 13.5. The highest BCUT2D eigenvalue weighted by atomic mass is 19.2. The van der Waals surface area contributed by atoms with Gasteiger partial charge in [0, 0.05) is 11.1 Å². The van der Waals surface area contributed by atoms with Gasteiger partial charge in [-0.3, -0.25) is 0 Å². The van der Waals surface area contributed by atoms with Gasteiger partial charge in [-0.05, 0) is 43.0 Å². The van der Waals surface area contributed by atoms with Crippen LogP contribution >= 0.6 is 0 Å². The molecule has 0 unspecified atom stereocenters. The summed E-state index contributed by atoms with van der Waals surface area (Å²) in [5.41, 5.74) is -0.437. The topological polar surface area (TPSA) is 9.23 Å². The van der Waals surface area contributed by atoms with E-state index < -0.39 is 23.3 Å². The van der Waals surface area contributed by atoms with Gasteiger partial charge in [-0.15, -0.1) is 0 Å². The molecule has 0 amide bonds. The molecule has 0 saturated heterocycles. The van der Waals surface area contributed by atoms with E-state index in [-0.39, 0.29) is 22.4 Å². The van der Waals surface area contributed by atoms with Crippen molar-refractivity contribution in [3.8, 4) is 16.9 Å². The number of benzene rings is 2. The van der Waals surface area contributed by atoms with Crippen LogP contribution in [0.4, 0.5) is 17.6 Å². The van der Waals surface area contributed by atoms with Gasteiger partial charge in [-0.1, -0.05) is 51.7 Å². The Morgan fingerprint density at radius 1 is 0.750 bits per heavy atom. The SMILES string of the molecule is CCCCCC/C=C/Oc1ccc(-c2ccc(CCC)c(F)c2F)c(F)c1F. The van der Waals surface area contributed by atoms with E-state index in [1.165, 1.54) is 30.5 Å². The highest BCUT2D eigenvalue weighted by Crippen LogP contribution is 2.33. The predicted octanol–water partition coefficient (Wildman–Crippen LogP) is 7.73. The zero-order valence-corrected chi connectivity index (χ0v) is 16.3. The fourth-order valence-electron chi connectivity index (χ4n) is 2.97. The highest BCUT2D eigenvalue weighted by molar-refractivity contribution is 5.66. The van der Waals surface area contributed by atoms with Gasteiger partial charge in [-0.2, -0.15) is 4.39 Å². The molecule has 5 heteroatoms. The van der Waals surface area contributed by atoms with Crippen molar-refractivity contribution in [2.75, 3.05) is 0 Å². The monoisotopic (exact) mass is 394 g/mol. The van der Waals surface area contributed by atoms with Gasteiger partial charge in [0.25, 0.3) is 0 Å². The largest absolute Gasteiger partial charge is 0.462 e. The first kappa shape index (κ1) is 22.0. The van der Waals surface area contributed by atoms with Gasteiger partial charge in [-0.25, -0.2) is 13.2 Å². The first-order valence-electron chi connectivity index (χ1n) is 9.78. The van der Waals surface area contributed by atoms with E-state index in [0.29, 0.717) is 12.8 Å². The second-order valence-corrected chi connectivity index (χ2v) is 6.73. The van der Waals surface area contributed by atoms with Gasteiger partial charge in [0.2, 0.25) is 5.82 Å². The molecule has 0 aliphatic heterocycles. The van der Waals surface area contributed by atoms with E-state index in [0.717, 1.165) is 32.1 Å². The van der Waals surface area contributed by atoms with Crippen molar-refractivity contribution in [2.24, 2.45) is 0 Å². The van der Waals surface area contributed by atoms with Crippen molar-refractivity contribution in [3.05, 3.63) is 65.4 Å². The first-order valence-corrected chi connectivity index (χ1v) is 9.78. The number of aryl methyl sites for hydroxylation is 1. The summed E-state index contributed by atoms with van der Waals surface area (Å²) in [6, 6.07) is 5.09. The predicted molar refractivity (Wildman–Crippen MR) is 104 cm³/mol. The summed E-state index contributed by atoms with van der Waals surface area (Å²) in [5.74, 6) is -4.99. The molecule has 2 aromatic carbocycles. The summed E-state index contributed by atoms with van der Waals surface area (Å²) < 4.78 is 62.4. The quantitative estimate of drug-likeness (QED) is 0.228. The molecule has 0 radical (unpaired) electrons. The summed E-state index contributed by atoms with van der Waals surface area (Å²) in [5, 5.41) is 0. The van der Waals surface area contributed by atoms with E-state index >= 15 is 0 Å². The molecule has 0 heterocycles. The van der Waals surface area contributed by atoms with Crippen LogP contribution < -0.4 is 4.74 Å². The van der Waals surface area contributed by atoms with Crippen LogP contribution in [0.2, 0.25) is 0 Å². The lowest BCUT2D eigenvalue weighted by Gasteiger charge is -2.11. The van der Waals surface area contributed by atoms with Gasteiger partial charge in [0.15, 0.2) is 23.2 Å². The summed E-state index contributed by atoms with van der Waals surface area (Å²) in [7, 11) is 0. The molecule has 0 aliphatic carbocycles. The molecular formula is C23H26F4O. The Bertz CT molecular complexity index is 815. The standard InChI is InChI=1S/C23H26F4O/c1-3-5-6-7-8-9-15-28-19-14-13-18(22(26)23(19)27)17-12-11-16(10-4-2)20(24)21(17)25/h9,11-15H,3-8,10H2,1-2H3/b15-9+. The third-order valence-electron chi connectivity index (χ3n) is 4.53. The molecule has 0 aliphatic rings. The molecule has 0 bridgehead atoms. The maximum atomic E-state index is 14.5. The molecule has 0 spiro atoms. The number of hydrogen-bond donors (Lipinski definition) is 0. The van der Waals surface area contributed by atoms with Crippen molar-refractivity contribution in [2.45, 2.75) is 58.8 Å². The summed E-state index contributed by atoms with van der Waals surface area (Å²) in [6.07, 6.45) is 9.30. The van der Waals surface area contributed by atoms with E-state index in [4.69, 9.17) is 4.74 Å². The third kappa shape index (κ3) is 5.37. The zero-order valence-electron chi connectivity index (χ0n) is 16.3. The van der Waals surface area contributed by atoms with Gasteiger partial charge in [0.05, 0.1) is 6.26 Å². The molecule has 2 aromatic rings. The molecule has 2 rings (SSSR count). The normalized spacial score (nSPS) is 11.4. The van der Waals surface area contributed by atoms with Crippen LogP contribution in [-0.4, -0.2) is 0 Å². The molecule has 0 N–H and O–H groups in total. The summed E-state index contributed by atoms with van der Waals surface area (Å²) in [4.78, 5) is 0. The molecule has 28 heavy (non-hydrogen) atoms. The van der Waals surface area contributed by atoms with Gasteiger partial charge >= 0.3 is 0 Å². The Morgan fingerprint density at radius 2 is 1.43 bits per heavy atom. The maximum Gasteiger partial charge on any atom is 0.201 e. The van der Waals surface area contributed by atoms with Gasteiger partial charge < -0.3 is 4.74 Å². The van der Waals surface area contributed by atoms with Crippen LogP contribution in [0, 0.1) is 23.3 Å². The smallest absolute Gasteiger partial charge is 0.201 e. The minimum absolute atomic E-state index is 0.216. The lowest BCUT2D eigenvalue weighted by atomic mass is 10.00. The maximum absolute atomic E-state index is 14.5. The molecule has 152 valence electrons. The van der Waals surface area contributed by atoms with E-state index in [2.05, 4.69) is 6.92 Å². The molecular weight excluding hydrogens is 368 g/mol. The van der Waals surface area contributed by atoms with Crippen molar-refractivity contribution in [1.29, 1.82) is 0 Å². The Hall–Kier alpha value is -2.30. The fraction of sp³-hybridized carbons (Fsp3) is 0.391.